The Labute approximate surface area is 83.4 Å². The molecule has 1 aromatic heterocycles. The van der Waals surface area contributed by atoms with E-state index in [0.717, 1.165) is 0 Å². The lowest BCUT2D eigenvalue weighted by molar-refractivity contribution is 0.125. The van der Waals surface area contributed by atoms with E-state index in [2.05, 4.69) is 4.98 Å². The third-order valence-electron chi connectivity index (χ3n) is 2.22. The normalized spacial score (nSPS) is 15.5. The van der Waals surface area contributed by atoms with Crippen LogP contribution in [-0.2, 0) is 0 Å². The Morgan fingerprint density at radius 1 is 1.36 bits per heavy atom. The maximum atomic E-state index is 9.81. The van der Waals surface area contributed by atoms with Gasteiger partial charge in [-0.05, 0) is 12.0 Å². The molecule has 1 heterocycles. The van der Waals surface area contributed by atoms with Gasteiger partial charge in [0.25, 0.3) is 0 Å². The van der Waals surface area contributed by atoms with Crippen LogP contribution in [0.2, 0.25) is 0 Å². The van der Waals surface area contributed by atoms with Gasteiger partial charge in [-0.2, -0.15) is 0 Å². The van der Waals surface area contributed by atoms with Crippen molar-refractivity contribution >= 4 is 0 Å². The summed E-state index contributed by atoms with van der Waals surface area (Å²) in [5, 5.41) is 19.0. The van der Waals surface area contributed by atoms with Crippen molar-refractivity contribution in [2.75, 3.05) is 0 Å². The lowest BCUT2D eigenvalue weighted by Gasteiger charge is -2.22. The highest BCUT2D eigenvalue weighted by Gasteiger charge is 2.20. The average Bonchev–Trinajstić information content (AvgIpc) is 2.15. The van der Waals surface area contributed by atoms with Gasteiger partial charge in [0.05, 0.1) is 12.3 Å². The van der Waals surface area contributed by atoms with E-state index in [-0.39, 0.29) is 17.7 Å². The van der Waals surface area contributed by atoms with Crippen molar-refractivity contribution in [3.05, 3.63) is 24.0 Å². The molecule has 4 N–H and O–H groups in total. The second-order valence-corrected chi connectivity index (χ2v) is 3.74. The number of aliphatic hydroxyl groups is 1. The fraction of sp³-hybridized carbons (Fsp3) is 0.500. The lowest BCUT2D eigenvalue weighted by atomic mass is 9.95. The van der Waals surface area contributed by atoms with Crippen LogP contribution in [0.3, 0.4) is 0 Å². The van der Waals surface area contributed by atoms with Gasteiger partial charge >= 0.3 is 0 Å². The van der Waals surface area contributed by atoms with E-state index in [0.29, 0.717) is 5.56 Å². The minimum atomic E-state index is -0.783. The van der Waals surface area contributed by atoms with Crippen molar-refractivity contribution in [3.8, 4) is 5.75 Å². The molecular formula is C10H16N2O2. The average molecular weight is 196 g/mol. The topological polar surface area (TPSA) is 79.4 Å². The molecule has 78 valence electrons. The molecule has 0 saturated heterocycles. The number of aromatic hydroxyl groups is 1. The van der Waals surface area contributed by atoms with E-state index in [9.17, 15) is 5.11 Å². The van der Waals surface area contributed by atoms with Crippen LogP contribution in [0.25, 0.3) is 0 Å². The van der Waals surface area contributed by atoms with Gasteiger partial charge in [-0.3, -0.25) is 4.98 Å². The fourth-order valence-electron chi connectivity index (χ4n) is 1.19. The molecule has 4 nitrogen and oxygen atoms in total. The molecular weight excluding hydrogens is 180 g/mol. The molecule has 4 heteroatoms. The van der Waals surface area contributed by atoms with Gasteiger partial charge in [0.2, 0.25) is 0 Å². The molecule has 0 amide bonds. The molecule has 0 aromatic carbocycles. The Kier molecular flexibility index (Phi) is 3.43. The molecule has 0 saturated carbocycles. The van der Waals surface area contributed by atoms with Gasteiger partial charge in [0.1, 0.15) is 5.75 Å². The van der Waals surface area contributed by atoms with Crippen molar-refractivity contribution in [2.24, 2.45) is 11.7 Å². The first-order valence-corrected chi connectivity index (χ1v) is 4.60. The Balaban J connectivity index is 2.83. The molecule has 0 bridgehead atoms. The summed E-state index contributed by atoms with van der Waals surface area (Å²) >= 11 is 0. The summed E-state index contributed by atoms with van der Waals surface area (Å²) < 4.78 is 0. The molecule has 0 radical (unpaired) electrons. The molecule has 0 fully saturated rings. The SMILES string of the molecule is CC(C)[C@H](N)[C@H](O)c1cncc(O)c1. The predicted molar refractivity (Wildman–Crippen MR) is 53.7 cm³/mol. The van der Waals surface area contributed by atoms with Crippen LogP contribution < -0.4 is 5.73 Å². The third kappa shape index (κ3) is 2.43. The van der Waals surface area contributed by atoms with Gasteiger partial charge in [-0.15, -0.1) is 0 Å². The maximum Gasteiger partial charge on any atom is 0.134 e. The minimum Gasteiger partial charge on any atom is -0.506 e. The fourth-order valence-corrected chi connectivity index (χ4v) is 1.19. The zero-order chi connectivity index (χ0) is 10.7. The molecule has 2 atom stereocenters. The summed E-state index contributed by atoms with van der Waals surface area (Å²) in [5.41, 5.74) is 6.33. The highest BCUT2D eigenvalue weighted by molar-refractivity contribution is 5.24. The van der Waals surface area contributed by atoms with Crippen LogP contribution in [0.15, 0.2) is 18.5 Å². The number of aromatic nitrogens is 1. The van der Waals surface area contributed by atoms with Gasteiger partial charge in [-0.25, -0.2) is 0 Å². The van der Waals surface area contributed by atoms with Crippen molar-refractivity contribution in [2.45, 2.75) is 26.0 Å². The van der Waals surface area contributed by atoms with E-state index in [1.165, 1.54) is 18.5 Å². The Hall–Kier alpha value is -1.13. The van der Waals surface area contributed by atoms with Crippen molar-refractivity contribution in [3.63, 3.8) is 0 Å². The molecule has 0 spiro atoms. The van der Waals surface area contributed by atoms with Gasteiger partial charge < -0.3 is 15.9 Å². The first kappa shape index (κ1) is 10.9. The summed E-state index contributed by atoms with van der Waals surface area (Å²) in [4.78, 5) is 3.78. The van der Waals surface area contributed by atoms with Crippen LogP contribution >= 0.6 is 0 Å². The predicted octanol–water partition coefficient (Wildman–Crippen LogP) is 0.804. The Morgan fingerprint density at radius 3 is 2.50 bits per heavy atom. The van der Waals surface area contributed by atoms with E-state index < -0.39 is 6.10 Å². The molecule has 0 unspecified atom stereocenters. The molecule has 0 aliphatic rings. The first-order valence-electron chi connectivity index (χ1n) is 4.60. The third-order valence-corrected chi connectivity index (χ3v) is 2.22. The summed E-state index contributed by atoms with van der Waals surface area (Å²) in [6.07, 6.45) is 2.04. The van der Waals surface area contributed by atoms with Crippen LogP contribution in [0.5, 0.6) is 5.75 Å². The van der Waals surface area contributed by atoms with Gasteiger partial charge in [-0.1, -0.05) is 13.8 Å². The number of pyridine rings is 1. The highest BCUT2D eigenvalue weighted by Crippen LogP contribution is 2.21. The highest BCUT2D eigenvalue weighted by atomic mass is 16.3. The first-order chi connectivity index (χ1) is 6.52. The van der Waals surface area contributed by atoms with Crippen molar-refractivity contribution in [1.29, 1.82) is 0 Å². The lowest BCUT2D eigenvalue weighted by Crippen LogP contribution is -2.33. The molecule has 1 rings (SSSR count). The zero-order valence-corrected chi connectivity index (χ0v) is 8.38. The van der Waals surface area contributed by atoms with E-state index >= 15 is 0 Å². The molecule has 14 heavy (non-hydrogen) atoms. The quantitative estimate of drug-likeness (QED) is 0.668. The largest absolute Gasteiger partial charge is 0.506 e. The van der Waals surface area contributed by atoms with Crippen LogP contribution in [0, 0.1) is 5.92 Å². The summed E-state index contributed by atoms with van der Waals surface area (Å²) in [6.45, 7) is 3.87. The number of hydrogen-bond donors (Lipinski definition) is 3. The Morgan fingerprint density at radius 2 is 2.00 bits per heavy atom. The van der Waals surface area contributed by atoms with Crippen molar-refractivity contribution in [1.82, 2.24) is 4.98 Å². The number of hydrogen-bond acceptors (Lipinski definition) is 4. The monoisotopic (exact) mass is 196 g/mol. The number of aliphatic hydroxyl groups excluding tert-OH is 1. The molecule has 0 aliphatic carbocycles. The number of rotatable bonds is 3. The van der Waals surface area contributed by atoms with Crippen molar-refractivity contribution < 1.29 is 10.2 Å². The minimum absolute atomic E-state index is 0.0394. The van der Waals surface area contributed by atoms with Gasteiger partial charge in [0, 0.05) is 17.8 Å². The summed E-state index contributed by atoms with van der Waals surface area (Å²) in [7, 11) is 0. The summed E-state index contributed by atoms with van der Waals surface area (Å²) in [5.74, 6) is 0.213. The Bertz CT molecular complexity index is 302. The smallest absolute Gasteiger partial charge is 0.134 e. The maximum absolute atomic E-state index is 9.81. The zero-order valence-electron chi connectivity index (χ0n) is 8.38. The van der Waals surface area contributed by atoms with Crippen LogP contribution in [0.4, 0.5) is 0 Å². The van der Waals surface area contributed by atoms with Gasteiger partial charge in [0.15, 0.2) is 0 Å². The van der Waals surface area contributed by atoms with E-state index in [1.54, 1.807) is 0 Å². The standard InChI is InChI=1S/C10H16N2O2/c1-6(2)9(11)10(14)7-3-8(13)5-12-4-7/h3-6,9-10,13-14H,11H2,1-2H3/t9-,10+/m0/s1. The van der Waals surface area contributed by atoms with E-state index in [1.807, 2.05) is 13.8 Å². The van der Waals surface area contributed by atoms with E-state index in [4.69, 9.17) is 10.8 Å². The molecule has 1 aromatic rings. The van der Waals surface area contributed by atoms with Crippen LogP contribution in [0.1, 0.15) is 25.5 Å². The van der Waals surface area contributed by atoms with Crippen LogP contribution in [-0.4, -0.2) is 21.2 Å². The number of nitrogens with zero attached hydrogens (tertiary/aromatic N) is 1. The second kappa shape index (κ2) is 4.39. The molecule has 0 aliphatic heterocycles. The second-order valence-electron chi connectivity index (χ2n) is 3.74. The number of nitrogens with two attached hydrogens (primary N) is 1. The summed E-state index contributed by atoms with van der Waals surface area (Å²) in [6, 6.07) is 1.12.